The van der Waals surface area contributed by atoms with Crippen LogP contribution in [0.1, 0.15) is 65.9 Å². The Bertz CT molecular complexity index is 688. The lowest BCUT2D eigenvalue weighted by atomic mass is 9.71. The van der Waals surface area contributed by atoms with Gasteiger partial charge in [0, 0.05) is 11.8 Å². The van der Waals surface area contributed by atoms with E-state index in [1.165, 1.54) is 24.2 Å². The van der Waals surface area contributed by atoms with Crippen LogP contribution in [0.25, 0.3) is 0 Å². The van der Waals surface area contributed by atoms with Gasteiger partial charge in [0.2, 0.25) is 8.32 Å². The fourth-order valence-corrected chi connectivity index (χ4v) is 6.06. The summed E-state index contributed by atoms with van der Waals surface area (Å²) in [5, 5.41) is 0.241. The molecule has 3 heteroatoms. The second-order valence-electron chi connectivity index (χ2n) is 10.9. The number of fused-ring (bicyclic) bond motifs is 1. The molecule has 1 fully saturated rings. The maximum atomic E-state index is 6.73. The van der Waals surface area contributed by atoms with Gasteiger partial charge in [-0.1, -0.05) is 65.0 Å². The van der Waals surface area contributed by atoms with Crippen LogP contribution in [0.15, 0.2) is 42.2 Å². The number of hydrogen-bond donors (Lipinski definition) is 0. The third-order valence-electron chi connectivity index (χ3n) is 7.79. The Hall–Kier alpha value is -1.06. The number of rotatable bonds is 5. The van der Waals surface area contributed by atoms with Crippen molar-refractivity contribution in [2.75, 3.05) is 0 Å². The molecule has 2 nitrogen and oxygen atoms in total. The summed E-state index contributed by atoms with van der Waals surface area (Å²) in [5.74, 6) is 2.61. The molecule has 1 aromatic rings. The molecule has 0 aromatic heterocycles. The summed E-state index contributed by atoms with van der Waals surface area (Å²) in [6, 6.07) is 10.6. The second kappa shape index (κ2) is 7.99. The standard InChI is InChI=1S/C25H40O2Si/c1-19-17-21(27-28(6,7)24(2,3)4)15-16-25(5)22(19)13-14-23(25)26-18-20-11-9-8-10-12-20/h8-12,15,19,22-23H,13-14,16-18H2,1-7H3/t19-,22-,23?,25-/m0/s1. The normalized spacial score (nSPS) is 31.1. The first kappa shape index (κ1) is 21.6. The zero-order chi connectivity index (χ0) is 20.6. The van der Waals surface area contributed by atoms with Gasteiger partial charge in [0.25, 0.3) is 0 Å². The minimum absolute atomic E-state index is 0.215. The van der Waals surface area contributed by atoms with Crippen LogP contribution in [0.4, 0.5) is 0 Å². The van der Waals surface area contributed by atoms with E-state index in [1.54, 1.807) is 0 Å². The monoisotopic (exact) mass is 400 g/mol. The molecule has 1 unspecified atom stereocenters. The minimum atomic E-state index is -1.78. The van der Waals surface area contributed by atoms with Gasteiger partial charge in [0.05, 0.1) is 18.5 Å². The maximum absolute atomic E-state index is 6.73. The number of hydrogen-bond acceptors (Lipinski definition) is 2. The van der Waals surface area contributed by atoms with Crippen molar-refractivity contribution in [3.05, 3.63) is 47.7 Å². The summed E-state index contributed by atoms with van der Waals surface area (Å²) in [6.07, 6.45) is 7.37. The second-order valence-corrected chi connectivity index (χ2v) is 15.6. The summed E-state index contributed by atoms with van der Waals surface area (Å²) in [4.78, 5) is 0. The molecule has 1 saturated carbocycles. The van der Waals surface area contributed by atoms with E-state index in [0.29, 0.717) is 17.9 Å². The smallest absolute Gasteiger partial charge is 0.250 e. The van der Waals surface area contributed by atoms with Crippen LogP contribution in [0, 0.1) is 17.3 Å². The molecule has 0 aliphatic heterocycles. The van der Waals surface area contributed by atoms with Gasteiger partial charge in [0.15, 0.2) is 0 Å². The molecule has 0 N–H and O–H groups in total. The Morgan fingerprint density at radius 1 is 1.11 bits per heavy atom. The lowest BCUT2D eigenvalue weighted by Crippen LogP contribution is -2.40. The van der Waals surface area contributed by atoms with Crippen molar-refractivity contribution < 1.29 is 9.16 Å². The van der Waals surface area contributed by atoms with E-state index in [0.717, 1.165) is 19.4 Å². The first-order valence-electron chi connectivity index (χ1n) is 11.1. The molecule has 4 atom stereocenters. The Morgan fingerprint density at radius 3 is 2.43 bits per heavy atom. The van der Waals surface area contributed by atoms with E-state index < -0.39 is 8.32 Å². The van der Waals surface area contributed by atoms with Crippen molar-refractivity contribution in [3.8, 4) is 0 Å². The molecule has 3 rings (SSSR count). The molecule has 0 bridgehead atoms. The highest BCUT2D eigenvalue weighted by atomic mass is 28.4. The van der Waals surface area contributed by atoms with Crippen LogP contribution in [-0.2, 0) is 15.8 Å². The average Bonchev–Trinajstić information content (AvgIpc) is 2.88. The van der Waals surface area contributed by atoms with Crippen molar-refractivity contribution in [1.29, 1.82) is 0 Å². The molecular weight excluding hydrogens is 360 g/mol. The van der Waals surface area contributed by atoms with Crippen molar-refractivity contribution >= 4 is 8.32 Å². The molecule has 0 radical (unpaired) electrons. The predicted molar refractivity (Wildman–Crippen MR) is 121 cm³/mol. The highest BCUT2D eigenvalue weighted by Crippen LogP contribution is 2.54. The van der Waals surface area contributed by atoms with Crippen molar-refractivity contribution in [2.45, 2.75) is 91.1 Å². The molecule has 0 heterocycles. The van der Waals surface area contributed by atoms with Crippen LogP contribution in [0.5, 0.6) is 0 Å². The van der Waals surface area contributed by atoms with Gasteiger partial charge in [-0.05, 0) is 60.9 Å². The van der Waals surface area contributed by atoms with Crippen LogP contribution in [-0.4, -0.2) is 14.4 Å². The maximum Gasteiger partial charge on any atom is 0.250 e. The summed E-state index contributed by atoms with van der Waals surface area (Å²) in [7, 11) is -1.78. The molecule has 2 aliphatic carbocycles. The fraction of sp³-hybridized carbons (Fsp3) is 0.680. The Balaban J connectivity index is 1.73. The largest absolute Gasteiger partial charge is 0.547 e. The quantitative estimate of drug-likeness (QED) is 0.482. The first-order valence-corrected chi connectivity index (χ1v) is 14.0. The van der Waals surface area contributed by atoms with E-state index >= 15 is 0 Å². The number of benzene rings is 1. The molecule has 0 amide bonds. The molecular formula is C25H40O2Si. The lowest BCUT2D eigenvalue weighted by Gasteiger charge is -2.38. The zero-order valence-corrected chi connectivity index (χ0v) is 20.0. The van der Waals surface area contributed by atoms with E-state index in [2.05, 4.69) is 84.1 Å². The zero-order valence-electron chi connectivity index (χ0n) is 19.0. The number of allylic oxidation sites excluding steroid dienone is 2. The third kappa shape index (κ3) is 4.41. The van der Waals surface area contributed by atoms with Gasteiger partial charge in [-0.2, -0.15) is 0 Å². The van der Waals surface area contributed by atoms with Crippen LogP contribution < -0.4 is 0 Å². The van der Waals surface area contributed by atoms with Gasteiger partial charge < -0.3 is 9.16 Å². The van der Waals surface area contributed by atoms with Crippen LogP contribution >= 0.6 is 0 Å². The predicted octanol–water partition coefficient (Wildman–Crippen LogP) is 7.32. The Labute approximate surface area is 173 Å². The van der Waals surface area contributed by atoms with Gasteiger partial charge in [-0.3, -0.25) is 0 Å². The first-order chi connectivity index (χ1) is 13.0. The highest BCUT2D eigenvalue weighted by molar-refractivity contribution is 6.74. The van der Waals surface area contributed by atoms with Gasteiger partial charge in [-0.25, -0.2) is 0 Å². The van der Waals surface area contributed by atoms with E-state index in [1.807, 2.05) is 0 Å². The Kier molecular flexibility index (Phi) is 6.17. The van der Waals surface area contributed by atoms with Crippen molar-refractivity contribution in [3.63, 3.8) is 0 Å². The molecule has 2 aliphatic rings. The summed E-state index contributed by atoms with van der Waals surface area (Å²) in [6.45, 7) is 17.3. The van der Waals surface area contributed by atoms with Gasteiger partial charge in [0.1, 0.15) is 0 Å². The summed E-state index contributed by atoms with van der Waals surface area (Å²) >= 11 is 0. The molecule has 156 valence electrons. The molecule has 28 heavy (non-hydrogen) atoms. The van der Waals surface area contributed by atoms with Gasteiger partial charge >= 0.3 is 0 Å². The van der Waals surface area contributed by atoms with Crippen molar-refractivity contribution in [2.24, 2.45) is 17.3 Å². The lowest BCUT2D eigenvalue weighted by molar-refractivity contribution is -0.0428. The molecule has 0 saturated heterocycles. The number of ether oxygens (including phenoxy) is 1. The Morgan fingerprint density at radius 2 is 1.79 bits per heavy atom. The SMILES string of the molecule is C[C@H]1CC(O[Si](C)(C)C(C)(C)C)=CC[C@]2(C)C(OCc3ccccc3)CC[C@@H]12. The van der Waals surface area contributed by atoms with E-state index in [4.69, 9.17) is 9.16 Å². The van der Waals surface area contributed by atoms with Crippen LogP contribution in [0.3, 0.4) is 0 Å². The van der Waals surface area contributed by atoms with Crippen molar-refractivity contribution in [1.82, 2.24) is 0 Å². The van der Waals surface area contributed by atoms with Gasteiger partial charge in [-0.15, -0.1) is 0 Å². The summed E-state index contributed by atoms with van der Waals surface area (Å²) in [5.41, 5.74) is 1.49. The highest BCUT2D eigenvalue weighted by Gasteiger charge is 2.50. The average molecular weight is 401 g/mol. The molecule has 1 aromatic carbocycles. The fourth-order valence-electron chi connectivity index (χ4n) is 4.93. The van der Waals surface area contributed by atoms with E-state index in [9.17, 15) is 0 Å². The minimum Gasteiger partial charge on any atom is -0.547 e. The topological polar surface area (TPSA) is 18.5 Å². The summed E-state index contributed by atoms with van der Waals surface area (Å²) < 4.78 is 13.2. The molecule has 0 spiro atoms. The van der Waals surface area contributed by atoms with Crippen LogP contribution in [0.2, 0.25) is 18.1 Å². The third-order valence-corrected chi connectivity index (χ3v) is 12.2. The van der Waals surface area contributed by atoms with E-state index in [-0.39, 0.29) is 10.5 Å².